The molecule has 0 bridgehead atoms. The fourth-order valence-corrected chi connectivity index (χ4v) is 3.86. The molecule has 20 heavy (non-hydrogen) atoms. The summed E-state index contributed by atoms with van der Waals surface area (Å²) < 4.78 is 6.27. The molecule has 0 aliphatic heterocycles. The minimum atomic E-state index is -0.647. The summed E-state index contributed by atoms with van der Waals surface area (Å²) in [6.45, 7) is 6.21. The summed E-state index contributed by atoms with van der Waals surface area (Å²) in [6, 6.07) is 5.59. The van der Waals surface area contributed by atoms with Gasteiger partial charge in [0.1, 0.15) is 10.4 Å². The first kappa shape index (κ1) is 15.3. The predicted molar refractivity (Wildman–Crippen MR) is 83.5 cm³/mol. The highest BCUT2D eigenvalue weighted by Crippen LogP contribution is 2.38. The van der Waals surface area contributed by atoms with Gasteiger partial charge in [-0.15, -0.1) is 11.3 Å². The molecule has 1 heterocycles. The van der Waals surface area contributed by atoms with Crippen molar-refractivity contribution in [2.24, 2.45) is 0 Å². The molecule has 1 aromatic heterocycles. The van der Waals surface area contributed by atoms with Gasteiger partial charge in [0, 0.05) is 5.02 Å². The molecule has 0 amide bonds. The zero-order valence-corrected chi connectivity index (χ0v) is 13.5. The van der Waals surface area contributed by atoms with E-state index in [0.717, 1.165) is 15.2 Å². The van der Waals surface area contributed by atoms with Crippen LogP contribution in [-0.4, -0.2) is 17.6 Å². The minimum Gasteiger partial charge on any atom is -0.465 e. The highest BCUT2D eigenvalue weighted by molar-refractivity contribution is 7.18. The summed E-state index contributed by atoms with van der Waals surface area (Å²) in [7, 11) is 0. The first-order chi connectivity index (χ1) is 9.57. The maximum atomic E-state index is 12.4. The van der Waals surface area contributed by atoms with Crippen LogP contribution in [0.2, 0.25) is 5.02 Å². The number of hydrogen-bond donors (Lipinski definition) is 0. The molecular formula is C15H18ClNO2S. The largest absolute Gasteiger partial charge is 0.465 e. The Morgan fingerprint density at radius 2 is 2.05 bits per heavy atom. The predicted octanol–water partition coefficient (Wildman–Crippen LogP) is 4.57. The second-order valence-electron chi connectivity index (χ2n) is 4.64. The second-order valence-corrected chi connectivity index (χ2v) is 6.11. The average molecular weight is 312 g/mol. The molecule has 0 atom stereocenters. The van der Waals surface area contributed by atoms with Crippen molar-refractivity contribution in [1.82, 2.24) is 4.98 Å². The van der Waals surface area contributed by atoms with Crippen LogP contribution in [0.15, 0.2) is 18.2 Å². The van der Waals surface area contributed by atoms with Gasteiger partial charge in [-0.2, -0.15) is 0 Å². The van der Waals surface area contributed by atoms with Crippen LogP contribution in [0.3, 0.4) is 0 Å². The number of thiazole rings is 1. The number of esters is 1. The van der Waals surface area contributed by atoms with E-state index in [1.165, 1.54) is 11.3 Å². The number of nitrogens with zero attached hydrogens (tertiary/aromatic N) is 1. The van der Waals surface area contributed by atoms with Gasteiger partial charge in [0.2, 0.25) is 0 Å². The molecule has 0 fully saturated rings. The van der Waals surface area contributed by atoms with Gasteiger partial charge >= 0.3 is 5.97 Å². The van der Waals surface area contributed by atoms with Crippen LogP contribution in [0, 0.1) is 0 Å². The molecule has 0 aliphatic rings. The van der Waals surface area contributed by atoms with Gasteiger partial charge < -0.3 is 4.74 Å². The van der Waals surface area contributed by atoms with Crippen LogP contribution in [0.5, 0.6) is 0 Å². The molecule has 0 aliphatic carbocycles. The van der Waals surface area contributed by atoms with Crippen LogP contribution in [-0.2, 0) is 14.9 Å². The summed E-state index contributed by atoms with van der Waals surface area (Å²) in [5.41, 5.74) is 0.233. The van der Waals surface area contributed by atoms with Gasteiger partial charge in [-0.3, -0.25) is 4.79 Å². The lowest BCUT2D eigenvalue weighted by Crippen LogP contribution is -2.36. The Kier molecular flexibility index (Phi) is 4.66. The summed E-state index contributed by atoms with van der Waals surface area (Å²) in [6.07, 6.45) is 1.35. The maximum Gasteiger partial charge on any atom is 0.319 e. The SMILES string of the molecule is CCOC(=O)C(CC)(CC)c1nc2ccc(Cl)cc2s1. The highest BCUT2D eigenvalue weighted by atomic mass is 35.5. The molecule has 0 radical (unpaired) electrons. The Morgan fingerprint density at radius 1 is 1.35 bits per heavy atom. The number of carbonyl (C=O) groups excluding carboxylic acids is 1. The van der Waals surface area contributed by atoms with Gasteiger partial charge in [-0.25, -0.2) is 4.98 Å². The number of fused-ring (bicyclic) bond motifs is 1. The Morgan fingerprint density at radius 3 is 2.65 bits per heavy atom. The van der Waals surface area contributed by atoms with E-state index in [0.29, 0.717) is 24.5 Å². The lowest BCUT2D eigenvalue weighted by atomic mass is 9.83. The number of hydrogen-bond acceptors (Lipinski definition) is 4. The van der Waals surface area contributed by atoms with Crippen molar-refractivity contribution in [3.63, 3.8) is 0 Å². The molecule has 0 unspecified atom stereocenters. The standard InChI is InChI=1S/C15H18ClNO2S/c1-4-15(5-2,14(18)19-6-3)13-17-11-8-7-10(16)9-12(11)20-13/h7-9H,4-6H2,1-3H3. The number of aromatic nitrogens is 1. The molecule has 108 valence electrons. The second kappa shape index (κ2) is 6.10. The van der Waals surface area contributed by atoms with Gasteiger partial charge in [0.15, 0.2) is 0 Å². The number of carbonyl (C=O) groups is 1. The third-order valence-corrected chi connectivity index (χ3v) is 5.09. The molecule has 0 N–H and O–H groups in total. The van der Waals surface area contributed by atoms with E-state index >= 15 is 0 Å². The minimum absolute atomic E-state index is 0.185. The van der Waals surface area contributed by atoms with E-state index < -0.39 is 5.41 Å². The third kappa shape index (κ3) is 2.54. The van der Waals surface area contributed by atoms with Crippen LogP contribution < -0.4 is 0 Å². The summed E-state index contributed by atoms with van der Waals surface area (Å²) >= 11 is 7.53. The summed E-state index contributed by atoms with van der Waals surface area (Å²) in [4.78, 5) is 17.0. The molecule has 0 spiro atoms. The lowest BCUT2D eigenvalue weighted by Gasteiger charge is -2.26. The highest BCUT2D eigenvalue weighted by Gasteiger charge is 2.41. The Balaban J connectivity index is 2.53. The van der Waals surface area contributed by atoms with E-state index in [9.17, 15) is 4.79 Å². The Hall–Kier alpha value is -1.13. The number of benzene rings is 1. The fourth-order valence-electron chi connectivity index (χ4n) is 2.30. The van der Waals surface area contributed by atoms with E-state index in [-0.39, 0.29) is 5.97 Å². The molecular weight excluding hydrogens is 294 g/mol. The topological polar surface area (TPSA) is 39.2 Å². The smallest absolute Gasteiger partial charge is 0.319 e. The van der Waals surface area contributed by atoms with Crippen molar-refractivity contribution in [3.8, 4) is 0 Å². The van der Waals surface area contributed by atoms with E-state index in [1.807, 2.05) is 39.0 Å². The third-order valence-electron chi connectivity index (χ3n) is 3.63. The monoisotopic (exact) mass is 311 g/mol. The first-order valence-electron chi connectivity index (χ1n) is 6.81. The molecule has 1 aromatic carbocycles. The van der Waals surface area contributed by atoms with Gasteiger partial charge in [0.05, 0.1) is 16.8 Å². The zero-order valence-electron chi connectivity index (χ0n) is 11.9. The number of rotatable bonds is 5. The van der Waals surface area contributed by atoms with Gasteiger partial charge in [0.25, 0.3) is 0 Å². The molecule has 2 rings (SSSR count). The average Bonchev–Trinajstić information content (AvgIpc) is 2.84. The van der Waals surface area contributed by atoms with Crippen molar-refractivity contribution in [2.45, 2.75) is 39.0 Å². The van der Waals surface area contributed by atoms with Crippen LogP contribution in [0.1, 0.15) is 38.6 Å². The van der Waals surface area contributed by atoms with Crippen molar-refractivity contribution in [3.05, 3.63) is 28.2 Å². The zero-order chi connectivity index (χ0) is 14.8. The van der Waals surface area contributed by atoms with Crippen LogP contribution >= 0.6 is 22.9 Å². The molecule has 3 nitrogen and oxygen atoms in total. The van der Waals surface area contributed by atoms with Gasteiger partial charge in [-0.05, 0) is 38.0 Å². The Labute approximate surface area is 127 Å². The van der Waals surface area contributed by atoms with Crippen molar-refractivity contribution in [1.29, 1.82) is 0 Å². The Bertz CT molecular complexity index is 619. The summed E-state index contributed by atoms with van der Waals surface area (Å²) in [5.74, 6) is -0.185. The quantitative estimate of drug-likeness (QED) is 0.759. The summed E-state index contributed by atoms with van der Waals surface area (Å²) in [5, 5.41) is 1.50. The van der Waals surface area contributed by atoms with Crippen molar-refractivity contribution in [2.75, 3.05) is 6.61 Å². The lowest BCUT2D eigenvalue weighted by molar-refractivity contribution is -0.150. The fraction of sp³-hybridized carbons (Fsp3) is 0.467. The van der Waals surface area contributed by atoms with E-state index in [1.54, 1.807) is 0 Å². The van der Waals surface area contributed by atoms with Gasteiger partial charge in [-0.1, -0.05) is 25.4 Å². The van der Waals surface area contributed by atoms with E-state index in [2.05, 4.69) is 4.98 Å². The van der Waals surface area contributed by atoms with Crippen molar-refractivity contribution < 1.29 is 9.53 Å². The first-order valence-corrected chi connectivity index (χ1v) is 8.00. The van der Waals surface area contributed by atoms with Crippen LogP contribution in [0.4, 0.5) is 0 Å². The number of halogens is 1. The van der Waals surface area contributed by atoms with Crippen molar-refractivity contribution >= 4 is 39.1 Å². The maximum absolute atomic E-state index is 12.4. The molecule has 0 saturated carbocycles. The molecule has 2 aromatic rings. The molecule has 0 saturated heterocycles. The van der Waals surface area contributed by atoms with E-state index in [4.69, 9.17) is 16.3 Å². The normalized spacial score (nSPS) is 11.8. The molecule has 5 heteroatoms. The number of ether oxygens (including phenoxy) is 1. The van der Waals surface area contributed by atoms with Crippen LogP contribution in [0.25, 0.3) is 10.2 Å².